The zero-order valence-corrected chi connectivity index (χ0v) is 11.3. The summed E-state index contributed by atoms with van der Waals surface area (Å²) < 4.78 is 0. The molecule has 0 nitrogen and oxygen atoms in total. The number of hydrogen-bond acceptors (Lipinski definition) is 1. The third kappa shape index (κ3) is 2.22. The maximum atomic E-state index is 5.57. The van der Waals surface area contributed by atoms with E-state index in [2.05, 4.69) is 36.4 Å². The summed E-state index contributed by atoms with van der Waals surface area (Å²) in [7, 11) is 0. The van der Waals surface area contributed by atoms with Crippen molar-refractivity contribution in [2.45, 2.75) is 14.7 Å². The Bertz CT molecular complexity index is 675. The van der Waals surface area contributed by atoms with Crippen molar-refractivity contribution in [3.8, 4) is 0 Å². The summed E-state index contributed by atoms with van der Waals surface area (Å²) in [5.41, 5.74) is 0. The molecule has 3 aromatic rings. The molecule has 0 aliphatic rings. The van der Waals surface area contributed by atoms with Gasteiger partial charge in [-0.25, -0.2) is 0 Å². The molecule has 3 aromatic carbocycles. The van der Waals surface area contributed by atoms with Crippen molar-refractivity contribution in [3.05, 3.63) is 66.7 Å². The van der Waals surface area contributed by atoms with Gasteiger partial charge in [-0.2, -0.15) is 0 Å². The molecule has 0 heterocycles. The Morgan fingerprint density at radius 1 is 0.722 bits per heavy atom. The molecule has 0 amide bonds. The minimum absolute atomic E-state index is 0.946. The normalized spacial score (nSPS) is 10.7. The number of fused-ring (bicyclic) bond motifs is 1. The zero-order valence-electron chi connectivity index (χ0n) is 9.67. The lowest BCUT2D eigenvalue weighted by Crippen LogP contribution is -1.80. The minimum Gasteiger partial charge on any atom is -0.0886 e. The Hall–Kier alpha value is -1.51. The fourth-order valence-corrected chi connectivity index (χ4v) is 3.18. The lowest BCUT2D eigenvalue weighted by atomic mass is 10.1. The topological polar surface area (TPSA) is 0 Å². The molecule has 0 bridgehead atoms. The molecule has 87 valence electrons. The first-order chi connectivity index (χ1) is 8.84. The molecule has 0 N–H and O–H groups in total. The molecule has 0 aliphatic carbocycles. The van der Waals surface area contributed by atoms with E-state index in [1.54, 1.807) is 11.8 Å². The predicted molar refractivity (Wildman–Crippen MR) is 80.4 cm³/mol. The highest BCUT2D eigenvalue weighted by Crippen LogP contribution is 2.36. The van der Waals surface area contributed by atoms with Crippen LogP contribution in [-0.2, 0) is 0 Å². The molecule has 0 aromatic heterocycles. The highest BCUT2D eigenvalue weighted by Gasteiger charge is 2.06. The van der Waals surface area contributed by atoms with Crippen LogP contribution in [-0.4, -0.2) is 0 Å². The van der Waals surface area contributed by atoms with Crippen molar-refractivity contribution in [3.63, 3.8) is 0 Å². The van der Waals surface area contributed by atoms with Gasteiger partial charge in [-0.05, 0) is 23.6 Å². The Balaban J connectivity index is 2.05. The maximum Gasteiger partial charge on any atom is 0.0594 e. The summed E-state index contributed by atoms with van der Waals surface area (Å²) in [5, 5.41) is 2.37. The third-order valence-corrected chi connectivity index (χ3v) is 4.45. The maximum absolute atomic E-state index is 5.57. The van der Waals surface area contributed by atoms with Crippen LogP contribution in [0.3, 0.4) is 0 Å². The van der Waals surface area contributed by atoms with Gasteiger partial charge in [-0.3, -0.25) is 0 Å². The van der Waals surface area contributed by atoms with E-state index >= 15 is 0 Å². The van der Waals surface area contributed by atoms with Gasteiger partial charge < -0.3 is 0 Å². The van der Waals surface area contributed by atoms with Crippen molar-refractivity contribution in [1.29, 1.82) is 0 Å². The molecule has 0 saturated carbocycles. The largest absolute Gasteiger partial charge is 0.0886 e. The highest BCUT2D eigenvalue weighted by molar-refractivity contribution is 7.99. The molecule has 0 aliphatic heterocycles. The van der Waals surface area contributed by atoms with E-state index in [1.807, 2.05) is 30.3 Å². The molecule has 0 unspecified atom stereocenters. The Labute approximate surface area is 116 Å². The van der Waals surface area contributed by atoms with Gasteiger partial charge in [0.15, 0.2) is 0 Å². The second-order valence-corrected chi connectivity index (χ2v) is 5.55. The summed E-state index contributed by atoms with van der Waals surface area (Å²) in [6, 6.07) is 22.9. The summed E-state index contributed by atoms with van der Waals surface area (Å²) in [6.45, 7) is 0. The van der Waals surface area contributed by atoms with E-state index in [1.165, 1.54) is 10.3 Å². The molecule has 0 fully saturated rings. The van der Waals surface area contributed by atoms with Crippen LogP contribution in [0.1, 0.15) is 0 Å². The highest BCUT2D eigenvalue weighted by atomic mass is 32.2. The van der Waals surface area contributed by atoms with Crippen LogP contribution in [0.15, 0.2) is 81.4 Å². The summed E-state index contributed by atoms with van der Waals surface area (Å²) in [6.07, 6.45) is 0. The molecule has 18 heavy (non-hydrogen) atoms. The van der Waals surface area contributed by atoms with E-state index in [9.17, 15) is 0 Å². The molecule has 1 radical (unpaired) electrons. The van der Waals surface area contributed by atoms with Crippen molar-refractivity contribution in [2.75, 3.05) is 0 Å². The Morgan fingerprint density at radius 3 is 2.28 bits per heavy atom. The molecule has 0 saturated heterocycles. The van der Waals surface area contributed by atoms with Crippen molar-refractivity contribution >= 4 is 35.2 Å². The first-order valence-electron chi connectivity index (χ1n) is 5.76. The average Bonchev–Trinajstić information content (AvgIpc) is 2.43. The number of hydrogen-bond donors (Lipinski definition) is 0. The van der Waals surface area contributed by atoms with Crippen LogP contribution in [0.25, 0.3) is 10.8 Å². The average molecular weight is 267 g/mol. The van der Waals surface area contributed by atoms with Crippen LogP contribution in [0, 0.1) is 0 Å². The van der Waals surface area contributed by atoms with E-state index in [4.69, 9.17) is 12.6 Å². The van der Waals surface area contributed by atoms with Crippen LogP contribution in [0.4, 0.5) is 0 Å². The van der Waals surface area contributed by atoms with Gasteiger partial charge in [-0.1, -0.05) is 72.9 Å². The lowest BCUT2D eigenvalue weighted by molar-refractivity contribution is 1.30. The van der Waals surface area contributed by atoms with E-state index in [0.717, 1.165) is 15.2 Å². The first-order valence-corrected chi connectivity index (χ1v) is 6.99. The fourth-order valence-electron chi connectivity index (χ4n) is 1.92. The summed E-state index contributed by atoms with van der Waals surface area (Å²) in [5.74, 6) is 0. The summed E-state index contributed by atoms with van der Waals surface area (Å²) >= 11 is 7.30. The van der Waals surface area contributed by atoms with E-state index in [0.29, 0.717) is 0 Å². The molecule has 0 spiro atoms. The third-order valence-electron chi connectivity index (χ3n) is 2.81. The zero-order chi connectivity index (χ0) is 12.4. The molecule has 3 rings (SSSR count). The second kappa shape index (κ2) is 5.01. The van der Waals surface area contributed by atoms with Gasteiger partial charge in [0.05, 0.1) is 4.90 Å². The number of rotatable bonds is 2. The SMILES string of the molecule is [S]c1c(Sc2ccccc2)ccc2ccccc12. The van der Waals surface area contributed by atoms with Crippen LogP contribution in [0.5, 0.6) is 0 Å². The smallest absolute Gasteiger partial charge is 0.0594 e. The quantitative estimate of drug-likeness (QED) is 0.587. The predicted octanol–water partition coefficient (Wildman–Crippen LogP) is 5.55. The van der Waals surface area contributed by atoms with Gasteiger partial charge >= 0.3 is 0 Å². The molecular formula is C16H11S2. The van der Waals surface area contributed by atoms with Gasteiger partial charge in [-0.15, -0.1) is 0 Å². The van der Waals surface area contributed by atoms with E-state index in [-0.39, 0.29) is 0 Å². The standard InChI is InChI=1S/C16H11S2/c17-16-14-9-5-4-6-12(14)10-11-15(16)18-13-7-2-1-3-8-13/h1-11H. The first kappa shape index (κ1) is 11.6. The fraction of sp³-hybridized carbons (Fsp3) is 0. The monoisotopic (exact) mass is 267 g/mol. The van der Waals surface area contributed by atoms with E-state index < -0.39 is 0 Å². The molecule has 2 heteroatoms. The van der Waals surface area contributed by atoms with Crippen LogP contribution in [0.2, 0.25) is 0 Å². The van der Waals surface area contributed by atoms with Crippen molar-refractivity contribution in [2.24, 2.45) is 0 Å². The van der Waals surface area contributed by atoms with Crippen LogP contribution < -0.4 is 0 Å². The Kier molecular flexibility index (Phi) is 3.22. The summed E-state index contributed by atoms with van der Waals surface area (Å²) in [4.78, 5) is 3.32. The van der Waals surface area contributed by atoms with Gasteiger partial charge in [0, 0.05) is 15.2 Å². The Morgan fingerprint density at radius 2 is 1.44 bits per heavy atom. The number of benzene rings is 3. The van der Waals surface area contributed by atoms with Crippen molar-refractivity contribution < 1.29 is 0 Å². The van der Waals surface area contributed by atoms with Crippen molar-refractivity contribution in [1.82, 2.24) is 0 Å². The molecular weight excluding hydrogens is 256 g/mol. The van der Waals surface area contributed by atoms with Gasteiger partial charge in [0.1, 0.15) is 0 Å². The second-order valence-electron chi connectivity index (χ2n) is 4.03. The lowest BCUT2D eigenvalue weighted by Gasteiger charge is -2.07. The van der Waals surface area contributed by atoms with Gasteiger partial charge in [0.25, 0.3) is 0 Å². The van der Waals surface area contributed by atoms with Gasteiger partial charge in [0.2, 0.25) is 0 Å². The molecule has 0 atom stereocenters. The minimum atomic E-state index is 0.946. The van der Waals surface area contributed by atoms with Crippen LogP contribution >= 0.6 is 24.4 Å².